The van der Waals surface area contributed by atoms with Crippen LogP contribution in [-0.4, -0.2) is 5.91 Å². The van der Waals surface area contributed by atoms with Crippen LogP contribution < -0.4 is 4.72 Å². The van der Waals surface area contributed by atoms with Gasteiger partial charge in [0.05, 0.1) is 5.41 Å². The standard InChI is InChI=1S/C9H15NOS2/c11-8(10-13-12)9-4-1-7(2-5-9)3-6-9/h7,12H,1-6H2,(H,10,11). The SMILES string of the molecule is O=C(NSS)C12CCC(CC1)CC2. The van der Waals surface area contributed by atoms with Gasteiger partial charge in [0.15, 0.2) is 0 Å². The molecule has 2 nitrogen and oxygen atoms in total. The van der Waals surface area contributed by atoms with Crippen molar-refractivity contribution in [2.75, 3.05) is 0 Å². The molecule has 3 saturated carbocycles. The molecule has 3 aliphatic rings. The van der Waals surface area contributed by atoms with E-state index in [1.807, 2.05) is 0 Å². The zero-order valence-electron chi connectivity index (χ0n) is 7.58. The smallest absolute Gasteiger partial charge is 0.236 e. The van der Waals surface area contributed by atoms with Gasteiger partial charge in [-0.2, -0.15) is 0 Å². The Bertz CT molecular complexity index is 198. The molecule has 0 spiro atoms. The van der Waals surface area contributed by atoms with Gasteiger partial charge in [0.2, 0.25) is 5.91 Å². The van der Waals surface area contributed by atoms with Crippen molar-refractivity contribution >= 4 is 28.5 Å². The van der Waals surface area contributed by atoms with Crippen molar-refractivity contribution in [1.29, 1.82) is 0 Å². The summed E-state index contributed by atoms with van der Waals surface area (Å²) in [6.45, 7) is 0. The number of fused-ring (bicyclic) bond motifs is 3. The van der Waals surface area contributed by atoms with Crippen molar-refractivity contribution in [2.45, 2.75) is 38.5 Å². The molecule has 3 fully saturated rings. The number of hydrogen-bond donors (Lipinski definition) is 2. The molecule has 3 rings (SSSR count). The highest BCUT2D eigenvalue weighted by Crippen LogP contribution is 2.50. The zero-order valence-corrected chi connectivity index (χ0v) is 9.29. The molecule has 0 unspecified atom stereocenters. The van der Waals surface area contributed by atoms with Crippen molar-refractivity contribution in [2.24, 2.45) is 11.3 Å². The minimum atomic E-state index is -0.0233. The predicted molar refractivity (Wildman–Crippen MR) is 58.3 cm³/mol. The summed E-state index contributed by atoms with van der Waals surface area (Å²) >= 11 is 3.95. The normalized spacial score (nSPS) is 37.5. The van der Waals surface area contributed by atoms with Crippen LogP contribution in [0.5, 0.6) is 0 Å². The third-order valence-electron chi connectivity index (χ3n) is 3.71. The van der Waals surface area contributed by atoms with Gasteiger partial charge in [-0.25, -0.2) is 0 Å². The highest BCUT2D eigenvalue weighted by molar-refractivity contribution is 8.68. The lowest BCUT2D eigenvalue weighted by Gasteiger charge is -2.44. The molecule has 0 heterocycles. The Labute approximate surface area is 88.2 Å². The highest BCUT2D eigenvalue weighted by atomic mass is 33.1. The number of carbonyl (C=O) groups is 1. The molecule has 0 atom stereocenters. The van der Waals surface area contributed by atoms with Crippen LogP contribution in [0, 0.1) is 11.3 Å². The Morgan fingerprint density at radius 2 is 1.85 bits per heavy atom. The molecular formula is C9H15NOS2. The molecule has 3 aliphatic carbocycles. The van der Waals surface area contributed by atoms with Crippen LogP contribution in [0.15, 0.2) is 0 Å². The molecular weight excluding hydrogens is 202 g/mol. The number of hydrogen-bond acceptors (Lipinski definition) is 3. The van der Waals surface area contributed by atoms with Gasteiger partial charge in [-0.3, -0.25) is 9.52 Å². The fraction of sp³-hybridized carbons (Fsp3) is 0.889. The fourth-order valence-electron chi connectivity index (χ4n) is 2.74. The average Bonchev–Trinajstić information content (AvgIpc) is 2.21. The van der Waals surface area contributed by atoms with Gasteiger partial charge in [-0.05, 0) is 44.4 Å². The van der Waals surface area contributed by atoms with E-state index in [2.05, 4.69) is 16.4 Å². The maximum absolute atomic E-state index is 11.8. The monoisotopic (exact) mass is 217 g/mol. The summed E-state index contributed by atoms with van der Waals surface area (Å²) in [5.74, 6) is 1.13. The first-order valence-electron chi connectivity index (χ1n) is 4.88. The largest absolute Gasteiger partial charge is 0.291 e. The number of amides is 1. The molecule has 4 heteroatoms. The lowest BCUT2D eigenvalue weighted by Crippen LogP contribution is -2.44. The summed E-state index contributed by atoms with van der Waals surface area (Å²) in [5.41, 5.74) is -0.0233. The van der Waals surface area contributed by atoms with E-state index in [4.69, 9.17) is 0 Å². The Morgan fingerprint density at radius 1 is 1.31 bits per heavy atom. The van der Waals surface area contributed by atoms with Crippen molar-refractivity contribution < 1.29 is 4.79 Å². The zero-order chi connectivity index (χ0) is 9.31. The van der Waals surface area contributed by atoms with Gasteiger partial charge < -0.3 is 0 Å². The summed E-state index contributed by atoms with van der Waals surface area (Å²) in [4.78, 5) is 11.8. The van der Waals surface area contributed by atoms with E-state index < -0.39 is 0 Å². The van der Waals surface area contributed by atoms with E-state index in [-0.39, 0.29) is 11.3 Å². The van der Waals surface area contributed by atoms with Crippen molar-refractivity contribution in [3.05, 3.63) is 0 Å². The Morgan fingerprint density at radius 3 is 2.31 bits per heavy atom. The molecule has 0 aromatic rings. The van der Waals surface area contributed by atoms with Gasteiger partial charge in [0.25, 0.3) is 0 Å². The first-order valence-corrected chi connectivity index (χ1v) is 6.75. The van der Waals surface area contributed by atoms with Gasteiger partial charge in [-0.15, -0.1) is 0 Å². The van der Waals surface area contributed by atoms with Gasteiger partial charge in [0, 0.05) is 11.0 Å². The molecule has 0 aliphatic heterocycles. The molecule has 0 aromatic carbocycles. The van der Waals surface area contributed by atoms with E-state index in [1.54, 1.807) is 0 Å². The van der Waals surface area contributed by atoms with E-state index in [1.165, 1.54) is 19.3 Å². The molecule has 74 valence electrons. The van der Waals surface area contributed by atoms with Crippen LogP contribution in [0.4, 0.5) is 0 Å². The first-order chi connectivity index (χ1) is 6.27. The van der Waals surface area contributed by atoms with Crippen molar-refractivity contribution in [3.8, 4) is 0 Å². The van der Waals surface area contributed by atoms with Crippen LogP contribution >= 0.6 is 22.6 Å². The van der Waals surface area contributed by atoms with Crippen molar-refractivity contribution in [3.63, 3.8) is 0 Å². The molecule has 2 bridgehead atoms. The maximum Gasteiger partial charge on any atom is 0.236 e. The minimum Gasteiger partial charge on any atom is -0.291 e. The number of rotatable bonds is 2. The fourth-order valence-corrected chi connectivity index (χ4v) is 3.29. The lowest BCUT2D eigenvalue weighted by molar-refractivity contribution is -0.134. The summed E-state index contributed by atoms with van der Waals surface area (Å²) < 4.78 is 2.77. The van der Waals surface area contributed by atoms with Gasteiger partial charge >= 0.3 is 0 Å². The van der Waals surface area contributed by atoms with E-state index in [0.29, 0.717) is 0 Å². The van der Waals surface area contributed by atoms with E-state index in [0.717, 1.165) is 36.2 Å². The minimum absolute atomic E-state index is 0.0233. The summed E-state index contributed by atoms with van der Waals surface area (Å²) in [6.07, 6.45) is 7.05. The molecule has 0 aromatic heterocycles. The maximum atomic E-state index is 11.8. The second-order valence-corrected chi connectivity index (χ2v) is 5.22. The lowest BCUT2D eigenvalue weighted by atomic mass is 9.60. The Hall–Kier alpha value is 0.170. The van der Waals surface area contributed by atoms with Crippen molar-refractivity contribution in [1.82, 2.24) is 4.72 Å². The third-order valence-corrected chi connectivity index (χ3v) is 4.26. The summed E-state index contributed by atoms with van der Waals surface area (Å²) in [6, 6.07) is 0. The van der Waals surface area contributed by atoms with Crippen LogP contribution in [0.2, 0.25) is 0 Å². The van der Waals surface area contributed by atoms with Crippen LogP contribution in [0.3, 0.4) is 0 Å². The average molecular weight is 217 g/mol. The second-order valence-electron chi connectivity index (χ2n) is 4.28. The molecule has 0 saturated heterocycles. The van der Waals surface area contributed by atoms with E-state index >= 15 is 0 Å². The Balaban J connectivity index is 2.05. The first kappa shape index (κ1) is 9.71. The second kappa shape index (κ2) is 3.73. The molecule has 0 radical (unpaired) electrons. The summed E-state index contributed by atoms with van der Waals surface area (Å²) in [7, 11) is 1.13. The molecule has 13 heavy (non-hydrogen) atoms. The molecule has 1 N–H and O–H groups in total. The molecule has 1 amide bonds. The Kier molecular flexibility index (Phi) is 2.79. The van der Waals surface area contributed by atoms with Crippen LogP contribution in [-0.2, 0) is 4.79 Å². The highest BCUT2D eigenvalue weighted by Gasteiger charge is 2.45. The van der Waals surface area contributed by atoms with E-state index in [9.17, 15) is 4.79 Å². The topological polar surface area (TPSA) is 29.1 Å². The number of nitrogens with one attached hydrogen (secondary N) is 1. The summed E-state index contributed by atoms with van der Waals surface area (Å²) in [5, 5.41) is 0. The predicted octanol–water partition coefficient (Wildman–Crippen LogP) is 2.57. The van der Waals surface area contributed by atoms with Gasteiger partial charge in [-0.1, -0.05) is 11.7 Å². The van der Waals surface area contributed by atoms with Gasteiger partial charge in [0.1, 0.15) is 0 Å². The quantitative estimate of drug-likeness (QED) is 0.423. The number of thiol groups is 1. The van der Waals surface area contributed by atoms with Crippen LogP contribution in [0.25, 0.3) is 0 Å². The third kappa shape index (κ3) is 1.71. The number of carbonyl (C=O) groups excluding carboxylic acids is 1. The van der Waals surface area contributed by atoms with Crippen LogP contribution in [0.1, 0.15) is 38.5 Å².